The third kappa shape index (κ3) is 9.67. The number of carbonyl (C=O) groups is 4. The van der Waals surface area contributed by atoms with Crippen LogP contribution in [0.5, 0.6) is 11.5 Å². The van der Waals surface area contributed by atoms with Crippen molar-refractivity contribution in [2.45, 2.75) is 65.9 Å². The van der Waals surface area contributed by atoms with Crippen LogP contribution in [0.3, 0.4) is 0 Å². The van der Waals surface area contributed by atoms with Gasteiger partial charge in [-0.3, -0.25) is 0 Å². The fraction of sp³-hybridized carbons (Fsp3) is 0.405. The minimum absolute atomic E-state index is 0.0778. The first-order valence-electron chi connectivity index (χ1n) is 15.7. The Balaban J connectivity index is 1.26. The van der Waals surface area contributed by atoms with E-state index >= 15 is 0 Å². The second-order valence-electron chi connectivity index (χ2n) is 12.2. The topological polar surface area (TPSA) is 114 Å². The molecular weight excluding hydrogens is 588 g/mol. The van der Waals surface area contributed by atoms with Gasteiger partial charge in [-0.05, 0) is 110 Å². The van der Waals surface area contributed by atoms with Crippen LogP contribution in [0.2, 0.25) is 0 Å². The standard InChI is InChI=1S/C37H42O9/c1-23(2)32-17-8-25(5)20-33(32)46-36(40)29-10-9-28-22-31(16-13-27(28)21-29)44-35(39)26-11-14-30(15-12-26)45-37(41)43-19-7-6-18-42-34(38)24(3)4/h9-16,21-23,25,32-33H,3,6-8,17-20H2,1-2,4-5H3. The fourth-order valence-electron chi connectivity index (χ4n) is 5.47. The van der Waals surface area contributed by atoms with Gasteiger partial charge in [0.05, 0.1) is 24.3 Å². The van der Waals surface area contributed by atoms with Crippen LogP contribution in [0.4, 0.5) is 4.79 Å². The summed E-state index contributed by atoms with van der Waals surface area (Å²) in [6.45, 7) is 12.0. The van der Waals surface area contributed by atoms with Crippen molar-refractivity contribution in [1.29, 1.82) is 0 Å². The van der Waals surface area contributed by atoms with E-state index in [1.54, 1.807) is 37.3 Å². The van der Waals surface area contributed by atoms with Crippen LogP contribution in [-0.2, 0) is 19.0 Å². The minimum atomic E-state index is -0.884. The Morgan fingerprint density at radius 1 is 0.783 bits per heavy atom. The van der Waals surface area contributed by atoms with E-state index in [1.807, 2.05) is 6.07 Å². The lowest BCUT2D eigenvalue weighted by molar-refractivity contribution is -0.139. The molecule has 1 aliphatic rings. The molecule has 3 unspecified atom stereocenters. The zero-order valence-electron chi connectivity index (χ0n) is 26.9. The van der Waals surface area contributed by atoms with Gasteiger partial charge >= 0.3 is 24.1 Å². The molecule has 3 aromatic carbocycles. The van der Waals surface area contributed by atoms with Gasteiger partial charge in [-0.25, -0.2) is 19.2 Å². The number of carbonyl (C=O) groups excluding carboxylic acids is 4. The predicted octanol–water partition coefficient (Wildman–Crippen LogP) is 8.09. The van der Waals surface area contributed by atoms with E-state index in [1.165, 1.54) is 24.3 Å². The molecule has 0 aromatic heterocycles. The van der Waals surface area contributed by atoms with Gasteiger partial charge in [0.25, 0.3) is 0 Å². The van der Waals surface area contributed by atoms with Crippen LogP contribution in [0.25, 0.3) is 10.8 Å². The molecule has 3 atom stereocenters. The molecule has 0 aliphatic heterocycles. The first kappa shape index (κ1) is 34.2. The Kier molecular flexibility index (Phi) is 11.9. The zero-order valence-corrected chi connectivity index (χ0v) is 26.9. The largest absolute Gasteiger partial charge is 0.513 e. The Bertz CT molecular complexity index is 1560. The van der Waals surface area contributed by atoms with Crippen molar-refractivity contribution >= 4 is 34.8 Å². The summed E-state index contributed by atoms with van der Waals surface area (Å²) in [5.41, 5.74) is 1.08. The lowest BCUT2D eigenvalue weighted by Gasteiger charge is -2.36. The summed E-state index contributed by atoms with van der Waals surface area (Å²) in [5.74, 6) is 0.555. The second kappa shape index (κ2) is 16.1. The summed E-state index contributed by atoms with van der Waals surface area (Å²) in [7, 11) is 0. The smallest absolute Gasteiger partial charge is 0.462 e. The van der Waals surface area contributed by atoms with Crippen molar-refractivity contribution in [3.05, 3.63) is 83.9 Å². The SMILES string of the molecule is C=C(C)C(=O)OCCCCOC(=O)Oc1ccc(C(=O)Oc2ccc3cc(C(=O)OC4CC(C)CCC4C(C)C)ccc3c2)cc1. The highest BCUT2D eigenvalue weighted by Crippen LogP contribution is 2.36. The highest BCUT2D eigenvalue weighted by molar-refractivity contribution is 5.96. The number of esters is 3. The lowest BCUT2D eigenvalue weighted by Crippen LogP contribution is -2.35. The first-order chi connectivity index (χ1) is 22.0. The molecular formula is C37H42O9. The molecule has 0 spiro atoms. The Morgan fingerprint density at radius 2 is 1.41 bits per heavy atom. The summed E-state index contributed by atoms with van der Waals surface area (Å²) in [6.07, 6.45) is 3.17. The van der Waals surface area contributed by atoms with Crippen molar-refractivity contribution in [3.63, 3.8) is 0 Å². The van der Waals surface area contributed by atoms with E-state index in [9.17, 15) is 19.2 Å². The van der Waals surface area contributed by atoms with Crippen molar-refractivity contribution in [2.24, 2.45) is 17.8 Å². The highest BCUT2D eigenvalue weighted by atomic mass is 16.7. The summed E-state index contributed by atoms with van der Waals surface area (Å²) in [6, 6.07) is 16.4. The van der Waals surface area contributed by atoms with Crippen LogP contribution >= 0.6 is 0 Å². The van der Waals surface area contributed by atoms with Crippen molar-refractivity contribution in [2.75, 3.05) is 13.2 Å². The molecule has 9 heteroatoms. The van der Waals surface area contributed by atoms with E-state index in [0.717, 1.165) is 30.0 Å². The average Bonchev–Trinajstić information content (AvgIpc) is 3.02. The molecule has 4 rings (SSSR count). The number of ether oxygens (including phenoxy) is 5. The molecule has 244 valence electrons. The van der Waals surface area contributed by atoms with Gasteiger partial charge in [0.2, 0.25) is 0 Å². The second-order valence-corrected chi connectivity index (χ2v) is 12.2. The Morgan fingerprint density at radius 3 is 2.11 bits per heavy atom. The molecule has 1 aliphatic carbocycles. The van der Waals surface area contributed by atoms with Gasteiger partial charge in [0, 0.05) is 5.57 Å². The molecule has 1 fully saturated rings. The summed E-state index contributed by atoms with van der Waals surface area (Å²) < 4.78 is 26.7. The Labute approximate surface area is 269 Å². The highest BCUT2D eigenvalue weighted by Gasteiger charge is 2.33. The molecule has 9 nitrogen and oxygen atoms in total. The van der Waals surface area contributed by atoms with Gasteiger partial charge in [0.15, 0.2) is 0 Å². The molecule has 0 amide bonds. The third-order valence-electron chi connectivity index (χ3n) is 8.11. The van der Waals surface area contributed by atoms with Crippen molar-refractivity contribution < 1.29 is 42.9 Å². The normalized spacial score (nSPS) is 17.6. The minimum Gasteiger partial charge on any atom is -0.462 e. The fourth-order valence-corrected chi connectivity index (χ4v) is 5.47. The van der Waals surface area contributed by atoms with Gasteiger partial charge in [0.1, 0.15) is 17.6 Å². The Hall–Kier alpha value is -4.66. The molecule has 1 saturated carbocycles. The van der Waals surface area contributed by atoms with E-state index in [2.05, 4.69) is 27.4 Å². The quantitative estimate of drug-likeness (QED) is 0.0489. The number of rotatable bonds is 12. The molecule has 0 saturated heterocycles. The van der Waals surface area contributed by atoms with E-state index in [-0.39, 0.29) is 36.6 Å². The molecule has 46 heavy (non-hydrogen) atoms. The first-order valence-corrected chi connectivity index (χ1v) is 15.7. The monoisotopic (exact) mass is 630 g/mol. The van der Waals surface area contributed by atoms with Gasteiger partial charge in [-0.15, -0.1) is 0 Å². The summed E-state index contributed by atoms with van der Waals surface area (Å²) in [4.78, 5) is 49.1. The van der Waals surface area contributed by atoms with Crippen LogP contribution in [0.1, 0.15) is 80.5 Å². The molecule has 0 bridgehead atoms. The van der Waals surface area contributed by atoms with Crippen LogP contribution in [0.15, 0.2) is 72.8 Å². The number of benzene rings is 3. The number of unbranched alkanes of at least 4 members (excludes halogenated alkanes) is 1. The molecule has 0 heterocycles. The zero-order chi connectivity index (χ0) is 33.2. The van der Waals surface area contributed by atoms with E-state index in [4.69, 9.17) is 23.7 Å². The van der Waals surface area contributed by atoms with Gasteiger partial charge in [-0.1, -0.05) is 45.9 Å². The molecule has 3 aromatic rings. The summed E-state index contributed by atoms with van der Waals surface area (Å²) >= 11 is 0. The predicted molar refractivity (Wildman–Crippen MR) is 173 cm³/mol. The lowest BCUT2D eigenvalue weighted by atomic mass is 9.75. The van der Waals surface area contributed by atoms with Crippen molar-refractivity contribution in [3.8, 4) is 11.5 Å². The average molecular weight is 631 g/mol. The third-order valence-corrected chi connectivity index (χ3v) is 8.11. The van der Waals surface area contributed by atoms with E-state index < -0.39 is 18.1 Å². The number of hydrogen-bond acceptors (Lipinski definition) is 9. The van der Waals surface area contributed by atoms with Crippen LogP contribution < -0.4 is 9.47 Å². The number of fused-ring (bicyclic) bond motifs is 1. The van der Waals surface area contributed by atoms with Gasteiger partial charge in [-0.2, -0.15) is 0 Å². The van der Waals surface area contributed by atoms with Crippen molar-refractivity contribution in [1.82, 2.24) is 0 Å². The molecule has 0 N–H and O–H groups in total. The van der Waals surface area contributed by atoms with Gasteiger partial charge < -0.3 is 23.7 Å². The maximum Gasteiger partial charge on any atom is 0.513 e. The maximum absolute atomic E-state index is 13.1. The van der Waals surface area contributed by atoms with Crippen LogP contribution in [-0.4, -0.2) is 43.4 Å². The van der Waals surface area contributed by atoms with E-state index in [0.29, 0.717) is 47.5 Å². The summed E-state index contributed by atoms with van der Waals surface area (Å²) in [5, 5.41) is 1.63. The van der Waals surface area contributed by atoms with Crippen LogP contribution in [0, 0.1) is 17.8 Å². The molecule has 0 radical (unpaired) electrons. The number of hydrogen-bond donors (Lipinski definition) is 0. The maximum atomic E-state index is 13.1.